The zero-order valence-electron chi connectivity index (χ0n) is 10.00. The van der Waals surface area contributed by atoms with Gasteiger partial charge in [-0.3, -0.25) is 14.4 Å². The molecule has 19 heavy (non-hydrogen) atoms. The maximum atomic E-state index is 12.0. The number of benzene rings is 1. The smallest absolute Gasteiger partial charge is 0.322 e. The fourth-order valence-corrected chi connectivity index (χ4v) is 1.50. The van der Waals surface area contributed by atoms with Gasteiger partial charge in [-0.2, -0.15) is 0 Å². The van der Waals surface area contributed by atoms with Gasteiger partial charge in [0, 0.05) is 11.3 Å². The summed E-state index contributed by atoms with van der Waals surface area (Å²) in [7, 11) is 0. The second-order valence-electron chi connectivity index (χ2n) is 3.86. The van der Waals surface area contributed by atoms with Gasteiger partial charge in [0.25, 0.3) is 0 Å². The van der Waals surface area contributed by atoms with Crippen LogP contribution in [0.2, 0.25) is 0 Å². The maximum absolute atomic E-state index is 12.0. The Morgan fingerprint density at radius 2 is 1.79 bits per heavy atom. The molecule has 7 heteroatoms. The number of carboxylic acids is 2. The largest absolute Gasteiger partial charge is 0.481 e. The van der Waals surface area contributed by atoms with Gasteiger partial charge in [-0.05, 0) is 12.1 Å². The summed E-state index contributed by atoms with van der Waals surface area (Å²) in [6.45, 7) is -0.349. The standard InChI is InChI=1S/C12H14N2O5/c13-8(5-10(15)16)12(19)7-3-1-2-4-9(7)14-6-11(17)18/h1-4,8,14H,5-6,13H2,(H,15,16)(H,17,18). The van der Waals surface area contributed by atoms with E-state index in [2.05, 4.69) is 5.32 Å². The summed E-state index contributed by atoms with van der Waals surface area (Å²) in [5.74, 6) is -2.79. The molecule has 1 aromatic carbocycles. The average Bonchev–Trinajstić information content (AvgIpc) is 2.35. The molecule has 0 radical (unpaired) electrons. The Balaban J connectivity index is 2.89. The summed E-state index contributed by atoms with van der Waals surface area (Å²) < 4.78 is 0. The van der Waals surface area contributed by atoms with Crippen LogP contribution >= 0.6 is 0 Å². The number of Topliss-reactive ketones (excluding diaryl/α,β-unsaturated/α-hetero) is 1. The van der Waals surface area contributed by atoms with E-state index in [9.17, 15) is 14.4 Å². The molecule has 0 saturated carbocycles. The molecular formula is C12H14N2O5. The van der Waals surface area contributed by atoms with Crippen molar-refractivity contribution < 1.29 is 24.6 Å². The molecule has 0 saturated heterocycles. The minimum atomic E-state index is -1.17. The molecule has 5 N–H and O–H groups in total. The predicted octanol–water partition coefficient (Wildman–Crippen LogP) is 0.168. The Hall–Kier alpha value is -2.41. The van der Waals surface area contributed by atoms with E-state index >= 15 is 0 Å². The SMILES string of the molecule is NC(CC(=O)O)C(=O)c1ccccc1NCC(=O)O. The molecule has 0 aliphatic carbocycles. The molecular weight excluding hydrogens is 252 g/mol. The molecule has 1 atom stereocenters. The molecule has 0 spiro atoms. The Labute approximate surface area is 109 Å². The fraction of sp³-hybridized carbons (Fsp3) is 0.250. The van der Waals surface area contributed by atoms with Crippen molar-refractivity contribution in [2.24, 2.45) is 5.73 Å². The molecule has 0 heterocycles. The lowest BCUT2D eigenvalue weighted by molar-refractivity contribution is -0.137. The van der Waals surface area contributed by atoms with Gasteiger partial charge in [0.1, 0.15) is 6.54 Å². The molecule has 1 unspecified atom stereocenters. The van der Waals surface area contributed by atoms with Gasteiger partial charge in [-0.1, -0.05) is 12.1 Å². The van der Waals surface area contributed by atoms with E-state index in [1.165, 1.54) is 12.1 Å². The Bertz CT molecular complexity index is 501. The van der Waals surface area contributed by atoms with E-state index < -0.39 is 30.2 Å². The van der Waals surface area contributed by atoms with Crippen molar-refractivity contribution in [2.45, 2.75) is 12.5 Å². The van der Waals surface area contributed by atoms with E-state index in [-0.39, 0.29) is 12.1 Å². The van der Waals surface area contributed by atoms with E-state index in [4.69, 9.17) is 15.9 Å². The predicted molar refractivity (Wildman–Crippen MR) is 67.1 cm³/mol. The zero-order valence-corrected chi connectivity index (χ0v) is 10.00. The lowest BCUT2D eigenvalue weighted by atomic mass is 10.0. The minimum absolute atomic E-state index is 0.178. The number of aliphatic carboxylic acids is 2. The number of nitrogens with two attached hydrogens (primary N) is 1. The number of hydrogen-bond donors (Lipinski definition) is 4. The average molecular weight is 266 g/mol. The first kappa shape index (κ1) is 14.7. The third kappa shape index (κ3) is 4.40. The lowest BCUT2D eigenvalue weighted by Crippen LogP contribution is -2.33. The molecule has 0 bridgehead atoms. The van der Waals surface area contributed by atoms with Crippen molar-refractivity contribution in [1.82, 2.24) is 0 Å². The second kappa shape index (κ2) is 6.50. The van der Waals surface area contributed by atoms with Crippen LogP contribution in [0.4, 0.5) is 5.69 Å². The van der Waals surface area contributed by atoms with Crippen molar-refractivity contribution in [1.29, 1.82) is 0 Å². The highest BCUT2D eigenvalue weighted by molar-refractivity contribution is 6.05. The van der Waals surface area contributed by atoms with Gasteiger partial charge < -0.3 is 21.3 Å². The van der Waals surface area contributed by atoms with Crippen LogP contribution in [-0.2, 0) is 9.59 Å². The first-order valence-corrected chi connectivity index (χ1v) is 5.48. The molecule has 102 valence electrons. The highest BCUT2D eigenvalue weighted by Crippen LogP contribution is 2.17. The van der Waals surface area contributed by atoms with E-state index in [1.54, 1.807) is 12.1 Å². The van der Waals surface area contributed by atoms with Gasteiger partial charge in [0.2, 0.25) is 0 Å². The lowest BCUT2D eigenvalue weighted by Gasteiger charge is -2.13. The van der Waals surface area contributed by atoms with Crippen LogP contribution in [0.15, 0.2) is 24.3 Å². The number of ketones is 1. The molecule has 0 fully saturated rings. The summed E-state index contributed by atoms with van der Waals surface area (Å²) in [4.78, 5) is 33.0. The third-order valence-corrected chi connectivity index (χ3v) is 2.35. The Morgan fingerprint density at radius 3 is 2.37 bits per heavy atom. The number of rotatable bonds is 7. The fourth-order valence-electron chi connectivity index (χ4n) is 1.50. The summed E-state index contributed by atoms with van der Waals surface area (Å²) in [5.41, 5.74) is 5.99. The Kier molecular flexibility index (Phi) is 5.01. The summed E-state index contributed by atoms with van der Waals surface area (Å²) in [6.07, 6.45) is -0.480. The normalized spacial score (nSPS) is 11.6. The molecule has 0 amide bonds. The first-order valence-electron chi connectivity index (χ1n) is 5.48. The number of anilines is 1. The van der Waals surface area contributed by atoms with Crippen molar-refractivity contribution in [3.63, 3.8) is 0 Å². The van der Waals surface area contributed by atoms with Crippen LogP contribution in [-0.4, -0.2) is 40.5 Å². The molecule has 7 nitrogen and oxygen atoms in total. The molecule has 0 aliphatic rings. The van der Waals surface area contributed by atoms with Crippen LogP contribution in [0.5, 0.6) is 0 Å². The number of hydrogen-bond acceptors (Lipinski definition) is 5. The van der Waals surface area contributed by atoms with Gasteiger partial charge in [0.15, 0.2) is 5.78 Å². The quantitative estimate of drug-likeness (QED) is 0.517. The number of para-hydroxylation sites is 1. The first-order chi connectivity index (χ1) is 8.91. The van der Waals surface area contributed by atoms with Gasteiger partial charge in [-0.15, -0.1) is 0 Å². The van der Waals surface area contributed by atoms with Crippen LogP contribution in [0.3, 0.4) is 0 Å². The zero-order chi connectivity index (χ0) is 14.4. The van der Waals surface area contributed by atoms with E-state index in [1.807, 2.05) is 0 Å². The molecule has 1 aromatic rings. The second-order valence-corrected chi connectivity index (χ2v) is 3.86. The highest BCUT2D eigenvalue weighted by atomic mass is 16.4. The van der Waals surface area contributed by atoms with Crippen molar-refractivity contribution in [2.75, 3.05) is 11.9 Å². The van der Waals surface area contributed by atoms with Crippen LogP contribution in [0.25, 0.3) is 0 Å². The highest BCUT2D eigenvalue weighted by Gasteiger charge is 2.21. The maximum Gasteiger partial charge on any atom is 0.322 e. The number of carbonyl (C=O) groups excluding carboxylic acids is 1. The van der Waals surface area contributed by atoms with Gasteiger partial charge >= 0.3 is 11.9 Å². The van der Waals surface area contributed by atoms with Crippen molar-refractivity contribution >= 4 is 23.4 Å². The third-order valence-electron chi connectivity index (χ3n) is 2.35. The van der Waals surface area contributed by atoms with Gasteiger partial charge in [-0.25, -0.2) is 0 Å². The molecule has 1 rings (SSSR count). The monoisotopic (exact) mass is 266 g/mol. The van der Waals surface area contributed by atoms with Crippen molar-refractivity contribution in [3.8, 4) is 0 Å². The van der Waals surface area contributed by atoms with Gasteiger partial charge in [0.05, 0.1) is 12.5 Å². The van der Waals surface area contributed by atoms with Crippen LogP contribution in [0, 0.1) is 0 Å². The number of carbonyl (C=O) groups is 3. The van der Waals surface area contributed by atoms with Crippen LogP contribution < -0.4 is 11.1 Å². The van der Waals surface area contributed by atoms with E-state index in [0.29, 0.717) is 5.69 Å². The number of carboxylic acid groups (broad SMARTS) is 2. The molecule has 0 aromatic heterocycles. The Morgan fingerprint density at radius 1 is 1.16 bits per heavy atom. The molecule has 0 aliphatic heterocycles. The topological polar surface area (TPSA) is 130 Å². The summed E-state index contributed by atoms with van der Waals surface area (Å²) in [5, 5.41) is 19.8. The van der Waals surface area contributed by atoms with Crippen molar-refractivity contribution in [3.05, 3.63) is 29.8 Å². The summed E-state index contributed by atoms with van der Waals surface area (Å²) >= 11 is 0. The van der Waals surface area contributed by atoms with Crippen LogP contribution in [0.1, 0.15) is 16.8 Å². The van der Waals surface area contributed by atoms with E-state index in [0.717, 1.165) is 0 Å². The number of nitrogens with one attached hydrogen (secondary N) is 1. The summed E-state index contributed by atoms with van der Waals surface area (Å²) in [6, 6.07) is 5.05. The minimum Gasteiger partial charge on any atom is -0.481 e.